The number of aryl methyl sites for hydroxylation is 2. The van der Waals surface area contributed by atoms with Crippen molar-refractivity contribution in [2.45, 2.75) is 32.9 Å². The molecular formula is C24H25ClFN6O4P. The summed E-state index contributed by atoms with van der Waals surface area (Å²) in [6.45, 7) is 4.16. The van der Waals surface area contributed by atoms with E-state index in [0.29, 0.717) is 40.9 Å². The van der Waals surface area contributed by atoms with Crippen molar-refractivity contribution in [3.63, 3.8) is 0 Å². The molecule has 0 fully saturated rings. The number of aromatic nitrogens is 5. The smallest absolute Gasteiger partial charge is 0.328 e. The fourth-order valence-corrected chi connectivity index (χ4v) is 4.98. The summed E-state index contributed by atoms with van der Waals surface area (Å²) >= 11 is 6.66. The SMILES string of the molecule is CCn1nc(Cl)c2c1-c1cnc(NCOP(O)O)c(c1)O[C@H](C)c1cc(F)ccc1-c1nn(C)cc1C2. The normalized spacial score (nSPS) is 14.8. The van der Waals surface area contributed by atoms with Crippen LogP contribution in [0.3, 0.4) is 0 Å². The molecule has 1 aromatic carbocycles. The number of hydrogen-bond donors (Lipinski definition) is 3. The number of fused-ring (bicyclic) bond motifs is 7. The molecule has 1 atom stereocenters. The van der Waals surface area contributed by atoms with Crippen LogP contribution in [-0.4, -0.2) is 41.1 Å². The Morgan fingerprint density at radius 2 is 2.11 bits per heavy atom. The quantitative estimate of drug-likeness (QED) is 0.241. The number of ether oxygens (including phenoxy) is 1. The number of rotatable bonds is 5. The minimum Gasteiger partial charge on any atom is -0.482 e. The molecule has 0 unspecified atom stereocenters. The van der Waals surface area contributed by atoms with Crippen molar-refractivity contribution in [3.05, 3.63) is 64.3 Å². The van der Waals surface area contributed by atoms with E-state index in [4.69, 9.17) is 35.7 Å². The van der Waals surface area contributed by atoms with Gasteiger partial charge in [-0.15, -0.1) is 0 Å². The van der Waals surface area contributed by atoms with Gasteiger partial charge in [-0.2, -0.15) is 10.2 Å². The number of halogens is 2. The van der Waals surface area contributed by atoms with Gasteiger partial charge in [-0.05, 0) is 38.1 Å². The standard InChI is InChI=1S/C24H25ClFN6O4P/c1-4-32-22-14-8-20(24(27-10-14)28-12-35-37(33)34)36-13(2)18-9-16(26)5-6-17(18)21-15(11-31(3)29-21)7-19(22)23(25)30-32/h5-6,8-11,13,33-34H,4,7,12H2,1-3H3,(H,27,28)/t13-/m1/s1. The fraction of sp³-hybridized carbons (Fsp3) is 0.292. The summed E-state index contributed by atoms with van der Waals surface area (Å²) in [5, 5.41) is 12.5. The lowest BCUT2D eigenvalue weighted by Gasteiger charge is -2.22. The van der Waals surface area contributed by atoms with Gasteiger partial charge < -0.3 is 19.8 Å². The topological polar surface area (TPSA) is 119 Å². The van der Waals surface area contributed by atoms with Gasteiger partial charge >= 0.3 is 8.60 Å². The third kappa shape index (κ3) is 5.05. The third-order valence-electron chi connectivity index (χ3n) is 6.13. The number of nitrogens with zero attached hydrogens (tertiary/aromatic N) is 5. The maximum atomic E-state index is 14.4. The van der Waals surface area contributed by atoms with Crippen LogP contribution in [0.2, 0.25) is 5.15 Å². The van der Waals surface area contributed by atoms with Crippen LogP contribution in [0.4, 0.5) is 10.2 Å². The molecule has 3 N–H and O–H groups in total. The van der Waals surface area contributed by atoms with Gasteiger partial charge in [-0.3, -0.25) is 13.9 Å². The molecule has 0 saturated carbocycles. The van der Waals surface area contributed by atoms with Crippen LogP contribution in [0.25, 0.3) is 22.5 Å². The number of nitrogens with one attached hydrogen (secondary N) is 1. The van der Waals surface area contributed by atoms with Crippen molar-refractivity contribution >= 4 is 26.0 Å². The van der Waals surface area contributed by atoms with Crippen molar-refractivity contribution in [1.82, 2.24) is 24.5 Å². The Bertz CT molecular complexity index is 1460. The average molecular weight is 547 g/mol. The highest BCUT2D eigenvalue weighted by atomic mass is 35.5. The van der Waals surface area contributed by atoms with Gasteiger partial charge in [0.2, 0.25) is 0 Å². The molecule has 0 amide bonds. The lowest BCUT2D eigenvalue weighted by atomic mass is 9.94. The number of pyridine rings is 1. The summed E-state index contributed by atoms with van der Waals surface area (Å²) in [5.74, 6) is 0.277. The fourth-order valence-electron chi connectivity index (χ4n) is 4.56. The zero-order chi connectivity index (χ0) is 26.3. The second-order valence-electron chi connectivity index (χ2n) is 8.55. The van der Waals surface area contributed by atoms with Gasteiger partial charge in [-0.1, -0.05) is 11.6 Å². The van der Waals surface area contributed by atoms with E-state index in [1.165, 1.54) is 12.1 Å². The lowest BCUT2D eigenvalue weighted by Crippen LogP contribution is -2.12. The van der Waals surface area contributed by atoms with Gasteiger partial charge in [0.15, 0.2) is 16.7 Å². The number of anilines is 1. The Morgan fingerprint density at radius 3 is 2.86 bits per heavy atom. The molecule has 1 aliphatic rings. The summed E-state index contributed by atoms with van der Waals surface area (Å²) in [4.78, 5) is 22.7. The van der Waals surface area contributed by atoms with Crippen LogP contribution in [0, 0.1) is 5.82 Å². The number of hydrogen-bond acceptors (Lipinski definition) is 8. The molecule has 0 spiro atoms. The van der Waals surface area contributed by atoms with Crippen LogP contribution < -0.4 is 10.1 Å². The summed E-state index contributed by atoms with van der Waals surface area (Å²) < 4.78 is 29.2. The first-order chi connectivity index (χ1) is 17.7. The van der Waals surface area contributed by atoms with E-state index in [9.17, 15) is 4.39 Å². The molecule has 194 valence electrons. The Hall–Kier alpha value is -3.08. The van der Waals surface area contributed by atoms with Crippen molar-refractivity contribution < 1.29 is 23.4 Å². The first kappa shape index (κ1) is 25.6. The van der Waals surface area contributed by atoms with E-state index in [1.54, 1.807) is 23.0 Å². The maximum Gasteiger partial charge on any atom is 0.328 e. The molecule has 37 heavy (non-hydrogen) atoms. The van der Waals surface area contributed by atoms with Crippen LogP contribution >= 0.6 is 20.2 Å². The van der Waals surface area contributed by atoms with E-state index in [0.717, 1.165) is 27.9 Å². The molecule has 0 radical (unpaired) electrons. The molecule has 0 saturated heterocycles. The summed E-state index contributed by atoms with van der Waals surface area (Å²) in [6.07, 6.45) is 3.44. The molecule has 4 heterocycles. The largest absolute Gasteiger partial charge is 0.482 e. The van der Waals surface area contributed by atoms with Crippen LogP contribution in [0.15, 0.2) is 36.7 Å². The molecule has 13 heteroatoms. The van der Waals surface area contributed by atoms with Gasteiger partial charge in [0.05, 0.1) is 11.4 Å². The molecule has 1 aliphatic heterocycles. The Labute approximate surface area is 218 Å². The second-order valence-corrected chi connectivity index (χ2v) is 9.67. The van der Waals surface area contributed by atoms with Crippen molar-refractivity contribution in [2.75, 3.05) is 12.0 Å². The molecule has 3 aromatic heterocycles. The maximum absolute atomic E-state index is 14.4. The van der Waals surface area contributed by atoms with E-state index in [1.807, 2.05) is 31.8 Å². The van der Waals surface area contributed by atoms with Gasteiger partial charge in [0.1, 0.15) is 18.7 Å². The first-order valence-electron chi connectivity index (χ1n) is 11.5. The lowest BCUT2D eigenvalue weighted by molar-refractivity contribution is 0.226. The minimum atomic E-state index is -2.54. The molecule has 2 bridgehead atoms. The Balaban J connectivity index is 1.73. The summed E-state index contributed by atoms with van der Waals surface area (Å²) in [5.41, 5.74) is 5.28. The highest BCUT2D eigenvalue weighted by Gasteiger charge is 2.26. The summed E-state index contributed by atoms with van der Waals surface area (Å²) in [6, 6.07) is 6.35. The Kier molecular flexibility index (Phi) is 7.15. The zero-order valence-electron chi connectivity index (χ0n) is 20.3. The van der Waals surface area contributed by atoms with E-state index < -0.39 is 20.5 Å². The van der Waals surface area contributed by atoms with Crippen LogP contribution in [0.1, 0.15) is 36.6 Å². The number of benzene rings is 1. The average Bonchev–Trinajstić information content (AvgIpc) is 3.38. The predicted molar refractivity (Wildman–Crippen MR) is 138 cm³/mol. The van der Waals surface area contributed by atoms with Gasteiger partial charge in [0.25, 0.3) is 0 Å². The monoisotopic (exact) mass is 546 g/mol. The molecule has 4 aromatic rings. The predicted octanol–water partition coefficient (Wildman–Crippen LogP) is 4.80. The summed E-state index contributed by atoms with van der Waals surface area (Å²) in [7, 11) is -0.706. The first-order valence-corrected chi connectivity index (χ1v) is 13.1. The van der Waals surface area contributed by atoms with Crippen LogP contribution in [-0.2, 0) is 24.5 Å². The zero-order valence-corrected chi connectivity index (χ0v) is 22.0. The highest BCUT2D eigenvalue weighted by molar-refractivity contribution is 7.39. The second kappa shape index (κ2) is 10.4. The van der Waals surface area contributed by atoms with Gasteiger partial charge in [0, 0.05) is 60.2 Å². The van der Waals surface area contributed by atoms with Crippen LogP contribution in [0.5, 0.6) is 5.75 Å². The van der Waals surface area contributed by atoms with E-state index in [-0.39, 0.29) is 6.73 Å². The van der Waals surface area contributed by atoms with E-state index >= 15 is 0 Å². The van der Waals surface area contributed by atoms with Crippen molar-refractivity contribution in [3.8, 4) is 28.3 Å². The van der Waals surface area contributed by atoms with Crippen molar-refractivity contribution in [2.24, 2.45) is 7.05 Å². The minimum absolute atomic E-state index is 0.206. The third-order valence-corrected chi connectivity index (χ3v) is 6.79. The van der Waals surface area contributed by atoms with Crippen molar-refractivity contribution in [1.29, 1.82) is 0 Å². The highest BCUT2D eigenvalue weighted by Crippen LogP contribution is 2.40. The molecule has 0 aliphatic carbocycles. The molecule has 10 nitrogen and oxygen atoms in total. The van der Waals surface area contributed by atoms with E-state index in [2.05, 4.69) is 15.4 Å². The molecular weight excluding hydrogens is 522 g/mol. The van der Waals surface area contributed by atoms with Gasteiger partial charge in [-0.25, -0.2) is 9.37 Å². The Morgan fingerprint density at radius 1 is 1.30 bits per heavy atom. The molecule has 5 rings (SSSR count).